The third kappa shape index (κ3) is 2.21. The van der Waals surface area contributed by atoms with Crippen molar-refractivity contribution < 1.29 is 4.74 Å². The lowest BCUT2D eigenvalue weighted by atomic mass is 10.3. The summed E-state index contributed by atoms with van der Waals surface area (Å²) < 4.78 is 6.83. The summed E-state index contributed by atoms with van der Waals surface area (Å²) in [5.41, 5.74) is 1.16. The van der Waals surface area contributed by atoms with E-state index in [1.165, 1.54) is 12.8 Å². The number of halogens is 1. The first-order valence-corrected chi connectivity index (χ1v) is 5.59. The molecule has 0 saturated heterocycles. The van der Waals surface area contributed by atoms with E-state index in [-0.39, 0.29) is 0 Å². The van der Waals surface area contributed by atoms with Crippen LogP contribution >= 0.6 is 15.9 Å². The second-order valence-corrected chi connectivity index (χ2v) is 4.68. The first-order valence-electron chi connectivity index (χ1n) is 4.80. The van der Waals surface area contributed by atoms with Crippen molar-refractivity contribution in [3.8, 4) is 5.75 Å². The van der Waals surface area contributed by atoms with Gasteiger partial charge in [-0.25, -0.2) is 0 Å². The standard InChI is InChI=1S/C11H14BrNO/c1-13(2)11-7-9(5-6-10(11)12)14-8-3-4-8/h5-8H,3-4H2,1-2H3. The van der Waals surface area contributed by atoms with E-state index in [1.807, 2.05) is 26.2 Å². The van der Waals surface area contributed by atoms with E-state index in [0.717, 1.165) is 15.9 Å². The molecule has 0 bridgehead atoms. The third-order valence-electron chi connectivity index (χ3n) is 2.23. The number of ether oxygens (including phenoxy) is 1. The van der Waals surface area contributed by atoms with Crippen molar-refractivity contribution in [1.29, 1.82) is 0 Å². The lowest BCUT2D eigenvalue weighted by Gasteiger charge is -2.16. The third-order valence-corrected chi connectivity index (χ3v) is 2.90. The van der Waals surface area contributed by atoms with Gasteiger partial charge in [0.2, 0.25) is 0 Å². The smallest absolute Gasteiger partial charge is 0.121 e. The first kappa shape index (κ1) is 9.84. The van der Waals surface area contributed by atoms with Gasteiger partial charge in [-0.1, -0.05) is 0 Å². The Morgan fingerprint density at radius 1 is 1.36 bits per heavy atom. The number of anilines is 1. The first-order chi connectivity index (χ1) is 6.66. The summed E-state index contributed by atoms with van der Waals surface area (Å²) in [6, 6.07) is 6.12. The molecule has 14 heavy (non-hydrogen) atoms. The topological polar surface area (TPSA) is 12.5 Å². The summed E-state index contributed by atoms with van der Waals surface area (Å²) in [7, 11) is 4.06. The van der Waals surface area contributed by atoms with Crippen molar-refractivity contribution in [2.24, 2.45) is 0 Å². The highest BCUT2D eigenvalue weighted by molar-refractivity contribution is 9.10. The Morgan fingerprint density at radius 3 is 2.64 bits per heavy atom. The zero-order valence-corrected chi connectivity index (χ0v) is 10.0. The number of hydrogen-bond donors (Lipinski definition) is 0. The zero-order chi connectivity index (χ0) is 10.1. The van der Waals surface area contributed by atoms with Crippen LogP contribution in [0.2, 0.25) is 0 Å². The van der Waals surface area contributed by atoms with Crippen LogP contribution in [0.4, 0.5) is 5.69 Å². The molecule has 0 aliphatic heterocycles. The van der Waals surface area contributed by atoms with Crippen LogP contribution in [0.15, 0.2) is 22.7 Å². The molecule has 76 valence electrons. The molecule has 1 aromatic carbocycles. The predicted octanol–water partition coefficient (Wildman–Crippen LogP) is 3.06. The second-order valence-electron chi connectivity index (χ2n) is 3.82. The van der Waals surface area contributed by atoms with Gasteiger partial charge in [-0.3, -0.25) is 0 Å². The van der Waals surface area contributed by atoms with Gasteiger partial charge in [-0.15, -0.1) is 0 Å². The van der Waals surface area contributed by atoms with Crippen LogP contribution in [0.1, 0.15) is 12.8 Å². The van der Waals surface area contributed by atoms with Crippen LogP contribution < -0.4 is 9.64 Å². The number of hydrogen-bond acceptors (Lipinski definition) is 2. The summed E-state index contributed by atoms with van der Waals surface area (Å²) in [4.78, 5) is 2.07. The molecule has 0 amide bonds. The molecule has 0 N–H and O–H groups in total. The Balaban J connectivity index is 2.20. The average molecular weight is 256 g/mol. The number of rotatable bonds is 3. The summed E-state index contributed by atoms with van der Waals surface area (Å²) in [5.74, 6) is 0.972. The molecule has 1 aliphatic carbocycles. The van der Waals surface area contributed by atoms with Crippen LogP contribution in [0.3, 0.4) is 0 Å². The zero-order valence-electron chi connectivity index (χ0n) is 8.46. The number of nitrogens with zero attached hydrogens (tertiary/aromatic N) is 1. The van der Waals surface area contributed by atoms with E-state index < -0.39 is 0 Å². The van der Waals surface area contributed by atoms with Crippen molar-refractivity contribution in [3.63, 3.8) is 0 Å². The molecule has 1 aromatic rings. The summed E-state index contributed by atoms with van der Waals surface area (Å²) in [6.45, 7) is 0. The average Bonchev–Trinajstić information content (AvgIpc) is 2.92. The largest absolute Gasteiger partial charge is 0.490 e. The molecule has 0 radical (unpaired) electrons. The fourth-order valence-electron chi connectivity index (χ4n) is 1.29. The van der Waals surface area contributed by atoms with Crippen LogP contribution in [0.25, 0.3) is 0 Å². The normalized spacial score (nSPS) is 15.4. The lowest BCUT2D eigenvalue weighted by Crippen LogP contribution is -2.09. The van der Waals surface area contributed by atoms with Gasteiger partial charge >= 0.3 is 0 Å². The van der Waals surface area contributed by atoms with Crippen LogP contribution in [0, 0.1) is 0 Å². The molecular formula is C11H14BrNO. The molecule has 0 aromatic heterocycles. The van der Waals surface area contributed by atoms with Gasteiger partial charge in [0.1, 0.15) is 5.75 Å². The van der Waals surface area contributed by atoms with Gasteiger partial charge in [-0.05, 0) is 40.9 Å². The maximum atomic E-state index is 5.72. The molecule has 0 atom stereocenters. The molecule has 1 saturated carbocycles. The van der Waals surface area contributed by atoms with Gasteiger partial charge in [0.15, 0.2) is 0 Å². The fraction of sp³-hybridized carbons (Fsp3) is 0.455. The Kier molecular flexibility index (Phi) is 2.68. The minimum atomic E-state index is 0.464. The predicted molar refractivity (Wildman–Crippen MR) is 62.1 cm³/mol. The van der Waals surface area contributed by atoms with Crippen molar-refractivity contribution >= 4 is 21.6 Å². The molecule has 0 unspecified atom stereocenters. The molecular weight excluding hydrogens is 242 g/mol. The van der Waals surface area contributed by atoms with E-state index in [2.05, 4.69) is 26.9 Å². The quantitative estimate of drug-likeness (QED) is 0.824. The molecule has 0 spiro atoms. The molecule has 2 rings (SSSR count). The van der Waals surface area contributed by atoms with Crippen molar-refractivity contribution in [3.05, 3.63) is 22.7 Å². The molecule has 3 heteroatoms. The van der Waals surface area contributed by atoms with E-state index >= 15 is 0 Å². The van der Waals surface area contributed by atoms with Crippen LogP contribution in [-0.4, -0.2) is 20.2 Å². The van der Waals surface area contributed by atoms with Crippen LogP contribution in [-0.2, 0) is 0 Å². The fourth-order valence-corrected chi connectivity index (χ4v) is 1.89. The van der Waals surface area contributed by atoms with Crippen molar-refractivity contribution in [1.82, 2.24) is 0 Å². The summed E-state index contributed by atoms with van der Waals surface area (Å²) in [5, 5.41) is 0. The van der Waals surface area contributed by atoms with Gasteiger partial charge in [0, 0.05) is 24.6 Å². The van der Waals surface area contributed by atoms with E-state index in [4.69, 9.17) is 4.74 Å². The monoisotopic (exact) mass is 255 g/mol. The van der Waals surface area contributed by atoms with Gasteiger partial charge < -0.3 is 9.64 Å². The Labute approximate surface area is 93.0 Å². The maximum Gasteiger partial charge on any atom is 0.121 e. The van der Waals surface area contributed by atoms with Gasteiger partial charge in [0.25, 0.3) is 0 Å². The molecule has 1 fully saturated rings. The summed E-state index contributed by atoms with van der Waals surface area (Å²) in [6.07, 6.45) is 2.87. The second kappa shape index (κ2) is 3.81. The highest BCUT2D eigenvalue weighted by Gasteiger charge is 2.23. The van der Waals surface area contributed by atoms with Gasteiger partial charge in [0.05, 0.1) is 11.8 Å². The highest BCUT2D eigenvalue weighted by Crippen LogP contribution is 2.32. The van der Waals surface area contributed by atoms with Crippen molar-refractivity contribution in [2.75, 3.05) is 19.0 Å². The van der Waals surface area contributed by atoms with E-state index in [9.17, 15) is 0 Å². The molecule has 2 nitrogen and oxygen atoms in total. The SMILES string of the molecule is CN(C)c1cc(OC2CC2)ccc1Br. The highest BCUT2D eigenvalue weighted by atomic mass is 79.9. The number of benzene rings is 1. The summed E-state index contributed by atoms with van der Waals surface area (Å²) >= 11 is 3.52. The van der Waals surface area contributed by atoms with E-state index in [0.29, 0.717) is 6.10 Å². The minimum Gasteiger partial charge on any atom is -0.490 e. The minimum absolute atomic E-state index is 0.464. The van der Waals surface area contributed by atoms with Gasteiger partial charge in [-0.2, -0.15) is 0 Å². The Morgan fingerprint density at radius 2 is 2.07 bits per heavy atom. The van der Waals surface area contributed by atoms with Crippen molar-refractivity contribution in [2.45, 2.75) is 18.9 Å². The van der Waals surface area contributed by atoms with Crippen LogP contribution in [0.5, 0.6) is 5.75 Å². The molecule has 0 heterocycles. The Bertz CT molecular complexity index is 334. The molecule has 1 aliphatic rings. The maximum absolute atomic E-state index is 5.72. The van der Waals surface area contributed by atoms with E-state index in [1.54, 1.807) is 0 Å². The lowest BCUT2D eigenvalue weighted by molar-refractivity contribution is 0.303. The Hall–Kier alpha value is -0.700.